The van der Waals surface area contributed by atoms with Crippen LogP contribution in [0.3, 0.4) is 0 Å². The molecule has 2 heterocycles. The van der Waals surface area contributed by atoms with Gasteiger partial charge >= 0.3 is 0 Å². The molecule has 10 heteroatoms. The molecule has 0 fully saturated rings. The molecule has 0 aliphatic rings. The van der Waals surface area contributed by atoms with Crippen molar-refractivity contribution in [2.75, 3.05) is 11.1 Å². The summed E-state index contributed by atoms with van der Waals surface area (Å²) in [6, 6.07) is 20.3. The van der Waals surface area contributed by atoms with Gasteiger partial charge in [0.2, 0.25) is 11.8 Å². The van der Waals surface area contributed by atoms with Crippen LogP contribution in [-0.4, -0.2) is 31.0 Å². The van der Waals surface area contributed by atoms with Gasteiger partial charge in [0.25, 0.3) is 5.91 Å². The maximum atomic E-state index is 13.2. The van der Waals surface area contributed by atoms with Gasteiger partial charge < -0.3 is 15.4 Å². The molecule has 4 aromatic rings. The molecule has 0 saturated carbocycles. The van der Waals surface area contributed by atoms with Crippen molar-refractivity contribution in [3.05, 3.63) is 95.5 Å². The first kappa shape index (κ1) is 27.0. The van der Waals surface area contributed by atoms with Crippen molar-refractivity contribution in [3.8, 4) is 17.0 Å². The predicted molar refractivity (Wildman–Crippen MR) is 148 cm³/mol. The van der Waals surface area contributed by atoms with Gasteiger partial charge in [-0.25, -0.2) is 13.4 Å². The van der Waals surface area contributed by atoms with Crippen LogP contribution in [0.15, 0.2) is 89.3 Å². The lowest BCUT2D eigenvalue weighted by Crippen LogP contribution is -2.35. The zero-order chi connectivity index (χ0) is 27.1. The first-order valence-electron chi connectivity index (χ1n) is 11.9. The number of hydrogen-bond acceptors (Lipinski definition) is 7. The molecule has 0 bridgehead atoms. The van der Waals surface area contributed by atoms with E-state index in [0.717, 1.165) is 16.7 Å². The Morgan fingerprint density at radius 2 is 1.76 bits per heavy atom. The van der Waals surface area contributed by atoms with Crippen molar-refractivity contribution in [2.24, 2.45) is 0 Å². The maximum Gasteiger partial charge on any atom is 0.252 e. The third-order valence-electron chi connectivity index (χ3n) is 5.71. The Hall–Kier alpha value is -4.02. The number of ether oxygens (including phenoxy) is 1. The van der Waals surface area contributed by atoms with E-state index < -0.39 is 27.7 Å². The molecule has 2 aromatic carbocycles. The highest BCUT2D eigenvalue weighted by atomic mass is 32.2. The lowest BCUT2D eigenvalue weighted by Gasteiger charge is -2.18. The molecular weight excluding hydrogens is 522 g/mol. The van der Waals surface area contributed by atoms with Gasteiger partial charge in [-0.2, -0.15) is 0 Å². The minimum absolute atomic E-state index is 0.0292. The number of hydrogen-bond donors (Lipinski definition) is 2. The molecule has 8 nitrogen and oxygen atoms in total. The average molecular weight is 550 g/mol. The van der Waals surface area contributed by atoms with Gasteiger partial charge in [-0.3, -0.25) is 9.59 Å². The molecule has 0 aliphatic heterocycles. The summed E-state index contributed by atoms with van der Waals surface area (Å²) >= 11 is 1.33. The minimum Gasteiger partial charge on any atom is -0.472 e. The first-order valence-corrected chi connectivity index (χ1v) is 14.4. The van der Waals surface area contributed by atoms with E-state index in [1.165, 1.54) is 42.5 Å². The lowest BCUT2D eigenvalue weighted by molar-refractivity contribution is -0.125. The standard InChI is InChI=1S/C28H27N3O5S2/c1-3-38(34,35)23-13-11-21(12-14-23)26(30-19(2)32)27(33)31-25-16-22(18-37-25)24-10-7-15-29-28(24)36-17-20-8-5-4-6-9-20/h4-16,18,26H,3,17H2,1-2H3,(H,30,32)(H,31,33). The third kappa shape index (κ3) is 6.64. The lowest BCUT2D eigenvalue weighted by atomic mass is 10.1. The van der Waals surface area contributed by atoms with Crippen LogP contribution in [-0.2, 0) is 26.0 Å². The Labute approximate surface area is 225 Å². The summed E-state index contributed by atoms with van der Waals surface area (Å²) in [5.41, 5.74) is 3.10. The summed E-state index contributed by atoms with van der Waals surface area (Å²) in [4.78, 5) is 29.6. The van der Waals surface area contributed by atoms with Gasteiger partial charge in [0.1, 0.15) is 12.6 Å². The van der Waals surface area contributed by atoms with E-state index in [2.05, 4.69) is 15.6 Å². The zero-order valence-electron chi connectivity index (χ0n) is 20.9. The number of benzene rings is 2. The van der Waals surface area contributed by atoms with E-state index in [4.69, 9.17) is 4.74 Å². The van der Waals surface area contributed by atoms with Crippen LogP contribution in [0.1, 0.15) is 31.0 Å². The van der Waals surface area contributed by atoms with Crippen LogP contribution in [0.25, 0.3) is 11.1 Å². The fourth-order valence-corrected chi connectivity index (χ4v) is 5.41. The Bertz CT molecular complexity index is 1520. The van der Waals surface area contributed by atoms with Crippen LogP contribution >= 0.6 is 11.3 Å². The van der Waals surface area contributed by atoms with Crippen molar-refractivity contribution in [2.45, 2.75) is 31.4 Å². The summed E-state index contributed by atoms with van der Waals surface area (Å²) in [5, 5.41) is 7.96. The van der Waals surface area contributed by atoms with Crippen molar-refractivity contribution in [1.82, 2.24) is 10.3 Å². The third-order valence-corrected chi connectivity index (χ3v) is 8.30. The van der Waals surface area contributed by atoms with Crippen LogP contribution in [0.2, 0.25) is 0 Å². The van der Waals surface area contributed by atoms with Gasteiger partial charge in [-0.15, -0.1) is 11.3 Å². The van der Waals surface area contributed by atoms with E-state index in [1.54, 1.807) is 13.1 Å². The number of pyridine rings is 1. The van der Waals surface area contributed by atoms with Crippen molar-refractivity contribution < 1.29 is 22.7 Å². The van der Waals surface area contributed by atoms with Gasteiger partial charge in [-0.1, -0.05) is 49.4 Å². The number of amides is 2. The van der Waals surface area contributed by atoms with Crippen LogP contribution in [0.4, 0.5) is 5.00 Å². The second-order valence-corrected chi connectivity index (χ2v) is 11.6. The summed E-state index contributed by atoms with van der Waals surface area (Å²) < 4.78 is 30.2. The van der Waals surface area contributed by atoms with Crippen LogP contribution < -0.4 is 15.4 Å². The summed E-state index contributed by atoms with van der Waals surface area (Å²) in [7, 11) is -3.38. The number of rotatable bonds is 10. The van der Waals surface area contributed by atoms with E-state index in [0.29, 0.717) is 23.1 Å². The molecule has 4 rings (SSSR count). The molecule has 0 spiro atoms. The smallest absolute Gasteiger partial charge is 0.252 e. The fraction of sp³-hybridized carbons (Fsp3) is 0.179. The van der Waals surface area contributed by atoms with Gasteiger partial charge in [0, 0.05) is 24.1 Å². The quantitative estimate of drug-likeness (QED) is 0.288. The van der Waals surface area contributed by atoms with Crippen molar-refractivity contribution >= 4 is 38.0 Å². The number of thiophene rings is 1. The van der Waals surface area contributed by atoms with Crippen LogP contribution in [0, 0.1) is 0 Å². The number of sulfone groups is 1. The molecule has 0 aliphatic carbocycles. The number of carbonyl (C=O) groups excluding carboxylic acids is 2. The van der Waals surface area contributed by atoms with Crippen molar-refractivity contribution in [3.63, 3.8) is 0 Å². The Morgan fingerprint density at radius 1 is 1.03 bits per heavy atom. The van der Waals surface area contributed by atoms with E-state index >= 15 is 0 Å². The summed E-state index contributed by atoms with van der Waals surface area (Å²) in [5.74, 6) is -0.395. The SMILES string of the molecule is CCS(=O)(=O)c1ccc(C(NC(C)=O)C(=O)Nc2cc(-c3cccnc3OCc3ccccc3)cs2)cc1. The van der Waals surface area contributed by atoms with Gasteiger partial charge in [-0.05, 0) is 47.0 Å². The highest BCUT2D eigenvalue weighted by Gasteiger charge is 2.23. The minimum atomic E-state index is -3.38. The van der Waals surface area contributed by atoms with Crippen LogP contribution in [0.5, 0.6) is 5.88 Å². The summed E-state index contributed by atoms with van der Waals surface area (Å²) in [6.45, 7) is 3.25. The fourth-order valence-electron chi connectivity index (χ4n) is 3.73. The molecule has 196 valence electrons. The largest absolute Gasteiger partial charge is 0.472 e. The van der Waals surface area contributed by atoms with Gasteiger partial charge in [0.05, 0.1) is 15.6 Å². The number of aromatic nitrogens is 1. The highest BCUT2D eigenvalue weighted by molar-refractivity contribution is 7.91. The molecule has 2 aromatic heterocycles. The predicted octanol–water partition coefficient (Wildman–Crippen LogP) is 5.00. The molecule has 2 amide bonds. The second-order valence-electron chi connectivity index (χ2n) is 8.43. The number of anilines is 1. The maximum absolute atomic E-state index is 13.2. The molecular formula is C28H27N3O5S2. The van der Waals surface area contributed by atoms with E-state index in [9.17, 15) is 18.0 Å². The molecule has 0 radical (unpaired) electrons. The Morgan fingerprint density at radius 3 is 2.45 bits per heavy atom. The van der Waals surface area contributed by atoms with Gasteiger partial charge in [0.15, 0.2) is 9.84 Å². The highest BCUT2D eigenvalue weighted by Crippen LogP contribution is 2.34. The molecule has 38 heavy (non-hydrogen) atoms. The topological polar surface area (TPSA) is 114 Å². The average Bonchev–Trinajstić information content (AvgIpc) is 3.39. The molecule has 2 N–H and O–H groups in total. The normalized spacial score (nSPS) is 11.9. The first-order chi connectivity index (χ1) is 18.3. The summed E-state index contributed by atoms with van der Waals surface area (Å²) in [6.07, 6.45) is 1.66. The number of nitrogens with zero attached hydrogens (tertiary/aromatic N) is 1. The van der Waals surface area contributed by atoms with Crippen molar-refractivity contribution in [1.29, 1.82) is 0 Å². The number of carbonyl (C=O) groups is 2. The monoisotopic (exact) mass is 549 g/mol. The zero-order valence-corrected chi connectivity index (χ0v) is 22.5. The van der Waals surface area contributed by atoms with E-state index in [-0.39, 0.29) is 10.6 Å². The Kier molecular flexibility index (Phi) is 8.55. The molecule has 0 saturated heterocycles. The molecule has 1 atom stereocenters. The van der Waals surface area contributed by atoms with E-state index in [1.807, 2.05) is 53.9 Å². The number of nitrogens with one attached hydrogen (secondary N) is 2. The Balaban J connectivity index is 1.51. The second kappa shape index (κ2) is 12.0. The molecule has 1 unspecified atom stereocenters.